The summed E-state index contributed by atoms with van der Waals surface area (Å²) >= 11 is 12.2. The zero-order valence-electron chi connectivity index (χ0n) is 21.4. The van der Waals surface area contributed by atoms with Crippen molar-refractivity contribution in [2.75, 3.05) is 0 Å². The van der Waals surface area contributed by atoms with E-state index < -0.39 is 47.5 Å². The van der Waals surface area contributed by atoms with Gasteiger partial charge in [-0.1, -0.05) is 35.3 Å². The zero-order valence-corrected chi connectivity index (χ0v) is 22.9. The number of benzene rings is 3. The summed E-state index contributed by atoms with van der Waals surface area (Å²) in [5, 5.41) is 3.18. The van der Waals surface area contributed by atoms with Crippen LogP contribution in [0.5, 0.6) is 0 Å². The summed E-state index contributed by atoms with van der Waals surface area (Å²) in [4.78, 5) is 44.8. The van der Waals surface area contributed by atoms with Crippen LogP contribution in [0, 0.1) is 17.5 Å². The van der Waals surface area contributed by atoms with E-state index in [0.717, 1.165) is 22.8 Å². The van der Waals surface area contributed by atoms with E-state index >= 15 is 0 Å². The van der Waals surface area contributed by atoms with Crippen molar-refractivity contribution >= 4 is 46.0 Å². The van der Waals surface area contributed by atoms with Crippen molar-refractivity contribution in [3.05, 3.63) is 122 Å². The van der Waals surface area contributed by atoms with E-state index in [9.17, 15) is 27.6 Å². The molecular formula is C29H20Cl2F3N5O3. The number of fused-ring (bicyclic) bond motifs is 1. The summed E-state index contributed by atoms with van der Waals surface area (Å²) < 4.78 is 43.5. The lowest BCUT2D eigenvalue weighted by atomic mass is 9.94. The van der Waals surface area contributed by atoms with Gasteiger partial charge < -0.3 is 16.0 Å². The fourth-order valence-corrected chi connectivity index (χ4v) is 5.02. The fraction of sp³-hybridized carbons (Fsp3) is 0.103. The minimum atomic E-state index is -0.990. The predicted molar refractivity (Wildman–Crippen MR) is 152 cm³/mol. The summed E-state index contributed by atoms with van der Waals surface area (Å²) in [7, 11) is 0. The van der Waals surface area contributed by atoms with Crippen molar-refractivity contribution in [1.82, 2.24) is 19.9 Å². The molecule has 0 aliphatic carbocycles. The molecule has 0 bridgehead atoms. The first-order valence-electron chi connectivity index (χ1n) is 12.4. The molecule has 4 N–H and O–H groups in total. The summed E-state index contributed by atoms with van der Waals surface area (Å²) in [6.45, 7) is -0.449. The lowest BCUT2D eigenvalue weighted by Gasteiger charge is -2.22. The number of hydrogen-bond donors (Lipinski definition) is 3. The van der Waals surface area contributed by atoms with Crippen molar-refractivity contribution in [3.63, 3.8) is 0 Å². The first-order chi connectivity index (χ1) is 20.0. The molecule has 5 rings (SSSR count). The maximum Gasteiger partial charge on any atom is 0.326 e. The second-order valence-corrected chi connectivity index (χ2v) is 10.2. The van der Waals surface area contributed by atoms with Crippen LogP contribution in [0.3, 0.4) is 0 Å². The first-order valence-corrected chi connectivity index (χ1v) is 13.1. The van der Waals surface area contributed by atoms with Gasteiger partial charge >= 0.3 is 5.69 Å². The third-order valence-corrected chi connectivity index (χ3v) is 7.25. The molecule has 2 amide bonds. The molecule has 13 heteroatoms. The molecule has 0 spiro atoms. The molecule has 42 heavy (non-hydrogen) atoms. The number of hydrogen-bond acceptors (Lipinski definition) is 4. The number of nitrogens with zero attached hydrogens (tertiary/aromatic N) is 2. The van der Waals surface area contributed by atoms with Crippen LogP contribution in [0.1, 0.15) is 27.7 Å². The van der Waals surface area contributed by atoms with E-state index in [1.165, 1.54) is 30.5 Å². The molecule has 3 aromatic carbocycles. The highest BCUT2D eigenvalue weighted by Crippen LogP contribution is 2.31. The molecule has 5 aromatic rings. The molecule has 8 nitrogen and oxygen atoms in total. The minimum absolute atomic E-state index is 0.113. The van der Waals surface area contributed by atoms with Gasteiger partial charge in [0.05, 0.1) is 38.4 Å². The van der Waals surface area contributed by atoms with E-state index in [4.69, 9.17) is 28.9 Å². The second kappa shape index (κ2) is 11.7. The number of imidazole rings is 1. The predicted octanol–water partition coefficient (Wildman–Crippen LogP) is 5.31. The van der Waals surface area contributed by atoms with Gasteiger partial charge in [0.25, 0.3) is 5.91 Å². The van der Waals surface area contributed by atoms with Gasteiger partial charge in [0.2, 0.25) is 5.91 Å². The zero-order chi connectivity index (χ0) is 30.1. The molecule has 2 aromatic heterocycles. The molecule has 0 unspecified atom stereocenters. The molecule has 0 aliphatic heterocycles. The maximum absolute atomic E-state index is 14.2. The Balaban J connectivity index is 1.55. The highest BCUT2D eigenvalue weighted by molar-refractivity contribution is 6.42. The van der Waals surface area contributed by atoms with E-state index in [-0.39, 0.29) is 33.3 Å². The van der Waals surface area contributed by atoms with Crippen LogP contribution in [-0.4, -0.2) is 26.3 Å². The number of pyridine rings is 1. The van der Waals surface area contributed by atoms with Crippen LogP contribution in [0.4, 0.5) is 13.2 Å². The van der Waals surface area contributed by atoms with Crippen molar-refractivity contribution in [2.24, 2.45) is 5.73 Å². The number of nitrogens with two attached hydrogens (primary N) is 1. The summed E-state index contributed by atoms with van der Waals surface area (Å²) in [5.74, 6) is -4.07. The van der Waals surface area contributed by atoms with E-state index in [1.807, 2.05) is 0 Å². The van der Waals surface area contributed by atoms with Gasteiger partial charge in [0, 0.05) is 17.8 Å². The van der Waals surface area contributed by atoms with E-state index in [2.05, 4.69) is 15.3 Å². The Bertz CT molecular complexity index is 1900. The summed E-state index contributed by atoms with van der Waals surface area (Å²) in [6, 6.07) is 11.8. The number of aromatic amines is 1. The Morgan fingerprint density at radius 1 is 1.00 bits per heavy atom. The topological polar surface area (TPSA) is 123 Å². The number of halogens is 5. The molecule has 0 aliphatic rings. The number of rotatable bonds is 8. The molecule has 0 saturated carbocycles. The van der Waals surface area contributed by atoms with Crippen molar-refractivity contribution < 1.29 is 22.8 Å². The number of carbonyl (C=O) groups is 2. The Morgan fingerprint density at radius 3 is 2.43 bits per heavy atom. The van der Waals surface area contributed by atoms with Crippen LogP contribution >= 0.6 is 23.2 Å². The Morgan fingerprint density at radius 2 is 1.71 bits per heavy atom. The van der Waals surface area contributed by atoms with Gasteiger partial charge in [-0.15, -0.1) is 0 Å². The average Bonchev–Trinajstić information content (AvgIpc) is 3.21. The summed E-state index contributed by atoms with van der Waals surface area (Å²) in [5.41, 5.74) is 6.28. The largest absolute Gasteiger partial charge is 0.366 e. The third-order valence-electron chi connectivity index (χ3n) is 6.53. The normalized spacial score (nSPS) is 11.9. The summed E-state index contributed by atoms with van der Waals surface area (Å²) in [6.07, 6.45) is 1.33. The molecule has 1 atom stereocenters. The number of H-pyrrole nitrogens is 1. The lowest BCUT2D eigenvalue weighted by Crippen LogP contribution is -2.35. The van der Waals surface area contributed by atoms with Crippen LogP contribution in [0.25, 0.3) is 22.2 Å². The minimum Gasteiger partial charge on any atom is -0.366 e. The number of carbonyl (C=O) groups excluding carboxylic acids is 2. The number of nitrogens with one attached hydrogen (secondary N) is 2. The monoisotopic (exact) mass is 613 g/mol. The van der Waals surface area contributed by atoms with Gasteiger partial charge in [0.15, 0.2) is 0 Å². The van der Waals surface area contributed by atoms with Crippen LogP contribution in [-0.2, 0) is 17.8 Å². The highest BCUT2D eigenvalue weighted by atomic mass is 35.5. The van der Waals surface area contributed by atoms with Crippen LogP contribution in [0.15, 0.2) is 71.7 Å². The molecular weight excluding hydrogens is 594 g/mol. The Kier molecular flexibility index (Phi) is 8.06. The smallest absolute Gasteiger partial charge is 0.326 e. The van der Waals surface area contributed by atoms with Gasteiger partial charge in [-0.2, -0.15) is 0 Å². The lowest BCUT2D eigenvalue weighted by molar-refractivity contribution is -0.122. The van der Waals surface area contributed by atoms with Crippen molar-refractivity contribution in [3.8, 4) is 11.1 Å². The molecule has 2 heterocycles. The quantitative estimate of drug-likeness (QED) is 0.219. The average molecular weight is 614 g/mol. The maximum atomic E-state index is 14.2. The first kappa shape index (κ1) is 28.9. The molecule has 0 fully saturated rings. The number of amides is 2. The van der Waals surface area contributed by atoms with Crippen LogP contribution < -0.4 is 16.7 Å². The third kappa shape index (κ3) is 6.02. The van der Waals surface area contributed by atoms with Crippen molar-refractivity contribution in [1.29, 1.82) is 0 Å². The van der Waals surface area contributed by atoms with Crippen LogP contribution in [0.2, 0.25) is 10.0 Å². The van der Waals surface area contributed by atoms with E-state index in [1.54, 1.807) is 12.1 Å². The number of aromatic nitrogens is 3. The van der Waals surface area contributed by atoms with Gasteiger partial charge in [-0.25, -0.2) is 18.0 Å². The molecule has 0 saturated heterocycles. The van der Waals surface area contributed by atoms with Gasteiger partial charge in [-0.05, 0) is 60.0 Å². The number of primary amides is 1. The SMILES string of the molecule is NC(=O)c1cc(-c2cccnc2[C@H](Cc2cc(F)cc(F)c2)NC(=O)Cn2c(=O)[nH]c3cc(Cl)c(Cl)cc32)ccc1F. The molecule has 214 valence electrons. The molecule has 0 radical (unpaired) electrons. The fourth-order valence-electron chi connectivity index (χ4n) is 4.69. The van der Waals surface area contributed by atoms with E-state index in [0.29, 0.717) is 28.2 Å². The highest BCUT2D eigenvalue weighted by Gasteiger charge is 2.23. The van der Waals surface area contributed by atoms with Gasteiger partial charge in [0.1, 0.15) is 24.0 Å². The second-order valence-electron chi connectivity index (χ2n) is 9.40. The Hall–Kier alpha value is -4.61. The van der Waals surface area contributed by atoms with Crippen molar-refractivity contribution in [2.45, 2.75) is 19.0 Å². The Labute approximate surface area is 245 Å². The standard InChI is InChI=1S/C29H20Cl2F3N5O3/c30-20-11-23-25(12-21(20)31)39(29(42)38-23)13-26(40)37-24(8-14-6-16(32)10-17(33)7-14)27-18(2-1-5-36-27)15-3-4-22(34)19(9-15)28(35)41/h1-7,9-12,24H,8,13H2,(H2,35,41)(H,37,40)(H,38,42)/t24-/m0/s1. The van der Waals surface area contributed by atoms with Gasteiger partial charge in [-0.3, -0.25) is 19.1 Å².